The molecule has 0 bridgehead atoms. The predicted molar refractivity (Wildman–Crippen MR) is 135 cm³/mol. The molecular formula is C25H29FN4O6S. The summed E-state index contributed by atoms with van der Waals surface area (Å²) in [6.07, 6.45) is -0.538. The first-order chi connectivity index (χ1) is 17.5. The maximum atomic E-state index is 14.3. The molecule has 0 fully saturated rings. The number of nitrogens with one attached hydrogen (secondary N) is 1. The fourth-order valence-corrected chi connectivity index (χ4v) is 4.13. The van der Waals surface area contributed by atoms with Crippen LogP contribution in [0.15, 0.2) is 53.6 Å². The number of nitrogens with two attached hydrogens (primary N) is 1. The van der Waals surface area contributed by atoms with Crippen molar-refractivity contribution in [2.75, 3.05) is 26.1 Å². The van der Waals surface area contributed by atoms with Crippen molar-refractivity contribution in [2.24, 2.45) is 5.92 Å². The highest BCUT2D eigenvalue weighted by atomic mass is 32.2. The van der Waals surface area contributed by atoms with E-state index in [0.717, 1.165) is 0 Å². The second-order valence-corrected chi connectivity index (χ2v) is 10.3. The number of carbonyl (C=O) groups excluding carboxylic acids is 1. The first kappa shape index (κ1) is 27.8. The lowest BCUT2D eigenvalue weighted by Gasteiger charge is -2.17. The van der Waals surface area contributed by atoms with Crippen LogP contribution in [0.3, 0.4) is 0 Å². The third-order valence-corrected chi connectivity index (χ3v) is 6.05. The molecule has 10 nitrogen and oxygen atoms in total. The van der Waals surface area contributed by atoms with Gasteiger partial charge in [0.05, 0.1) is 18.9 Å². The molecule has 198 valence electrons. The van der Waals surface area contributed by atoms with Crippen LogP contribution in [-0.4, -0.2) is 50.7 Å². The summed E-state index contributed by atoms with van der Waals surface area (Å²) in [5, 5.41) is -0.422. The largest absolute Gasteiger partial charge is 0.493 e. The van der Waals surface area contributed by atoms with Crippen LogP contribution in [0.5, 0.6) is 11.6 Å². The standard InChI is InChI=1S/C25H29FN4O6S/c1-15(2)13-35-19-11-17(10-18(26)12-19)21-9-8-20(25(28-21)36-16(3)14-34-4)24(31)30-37(32,33)23-7-5-6-22(27)29-23/h5-12,15-16H,13-14H2,1-4H3,(H2,27,29)(H,30,31)/t16-/m0/s1. The SMILES string of the molecule is COC[C@H](C)Oc1nc(-c2cc(F)cc(OCC(C)C)c2)ccc1C(=O)NS(=O)(=O)c1cccc(N)n1. The van der Waals surface area contributed by atoms with E-state index in [9.17, 15) is 17.6 Å². The number of ether oxygens (including phenoxy) is 3. The van der Waals surface area contributed by atoms with Crippen LogP contribution in [0.1, 0.15) is 31.1 Å². The van der Waals surface area contributed by atoms with Crippen molar-refractivity contribution in [1.29, 1.82) is 0 Å². The molecule has 3 N–H and O–H groups in total. The summed E-state index contributed by atoms with van der Waals surface area (Å²) in [6, 6.07) is 11.0. The van der Waals surface area contributed by atoms with E-state index in [-0.39, 0.29) is 35.5 Å². The summed E-state index contributed by atoms with van der Waals surface area (Å²) in [5.41, 5.74) is 6.07. The van der Waals surface area contributed by atoms with Gasteiger partial charge in [-0.2, -0.15) is 8.42 Å². The molecule has 0 aliphatic heterocycles. The molecule has 0 saturated carbocycles. The molecule has 1 amide bonds. The third kappa shape index (κ3) is 7.61. The number of pyridine rings is 2. The maximum absolute atomic E-state index is 14.3. The molecule has 12 heteroatoms. The Bertz CT molecular complexity index is 1370. The molecule has 37 heavy (non-hydrogen) atoms. The van der Waals surface area contributed by atoms with E-state index in [1.807, 2.05) is 18.6 Å². The van der Waals surface area contributed by atoms with Crippen LogP contribution >= 0.6 is 0 Å². The van der Waals surface area contributed by atoms with E-state index in [1.165, 1.54) is 49.6 Å². The van der Waals surface area contributed by atoms with E-state index < -0.39 is 32.9 Å². The van der Waals surface area contributed by atoms with Crippen LogP contribution in [0, 0.1) is 11.7 Å². The van der Waals surface area contributed by atoms with E-state index >= 15 is 0 Å². The van der Waals surface area contributed by atoms with Crippen LogP contribution in [0.2, 0.25) is 0 Å². The van der Waals surface area contributed by atoms with E-state index in [0.29, 0.717) is 17.9 Å². The lowest BCUT2D eigenvalue weighted by Crippen LogP contribution is -2.32. The molecule has 2 aromatic heterocycles. The lowest BCUT2D eigenvalue weighted by molar-refractivity contribution is 0.0855. The zero-order chi connectivity index (χ0) is 27.2. The molecule has 0 radical (unpaired) electrons. The average molecular weight is 533 g/mol. The number of benzene rings is 1. The second-order valence-electron chi connectivity index (χ2n) is 8.65. The quantitative estimate of drug-likeness (QED) is 0.380. The van der Waals surface area contributed by atoms with Gasteiger partial charge in [0.25, 0.3) is 15.9 Å². The Hall–Kier alpha value is -3.77. The third-order valence-electron chi connectivity index (χ3n) is 4.82. The molecule has 2 heterocycles. The molecule has 3 aromatic rings. The molecule has 0 saturated heterocycles. The van der Waals surface area contributed by atoms with E-state index in [2.05, 4.69) is 9.97 Å². The maximum Gasteiger partial charge on any atom is 0.281 e. The highest BCUT2D eigenvalue weighted by Gasteiger charge is 2.25. The van der Waals surface area contributed by atoms with Gasteiger partial charge in [0.15, 0.2) is 5.03 Å². The first-order valence-corrected chi connectivity index (χ1v) is 12.9. The molecule has 0 unspecified atom stereocenters. The first-order valence-electron chi connectivity index (χ1n) is 11.4. The smallest absolute Gasteiger partial charge is 0.281 e. The van der Waals surface area contributed by atoms with Crippen molar-refractivity contribution >= 4 is 21.7 Å². The number of rotatable bonds is 11. The molecular weight excluding hydrogens is 503 g/mol. The number of sulfonamides is 1. The summed E-state index contributed by atoms with van der Waals surface area (Å²) in [7, 11) is -2.86. The Kier molecular flexibility index (Phi) is 9.00. The highest BCUT2D eigenvalue weighted by molar-refractivity contribution is 7.90. The van der Waals surface area contributed by atoms with Crippen molar-refractivity contribution in [3.05, 3.63) is 59.9 Å². The monoisotopic (exact) mass is 532 g/mol. The van der Waals surface area contributed by atoms with Gasteiger partial charge in [-0.05, 0) is 49.2 Å². The van der Waals surface area contributed by atoms with Gasteiger partial charge in [0, 0.05) is 18.7 Å². The van der Waals surface area contributed by atoms with Crippen LogP contribution in [0.4, 0.5) is 10.2 Å². The summed E-state index contributed by atoms with van der Waals surface area (Å²) in [6.45, 7) is 6.20. The van der Waals surface area contributed by atoms with Gasteiger partial charge in [-0.15, -0.1) is 0 Å². The van der Waals surface area contributed by atoms with Crippen molar-refractivity contribution in [2.45, 2.75) is 31.9 Å². The summed E-state index contributed by atoms with van der Waals surface area (Å²) in [4.78, 5) is 21.1. The Morgan fingerprint density at radius 1 is 1.08 bits per heavy atom. The van der Waals surface area contributed by atoms with Crippen molar-refractivity contribution in [3.63, 3.8) is 0 Å². The van der Waals surface area contributed by atoms with Crippen molar-refractivity contribution in [1.82, 2.24) is 14.7 Å². The minimum atomic E-state index is -4.34. The summed E-state index contributed by atoms with van der Waals surface area (Å²) < 4.78 is 58.2. The molecule has 0 aliphatic carbocycles. The molecule has 3 rings (SSSR count). The minimum absolute atomic E-state index is 0.0226. The van der Waals surface area contributed by atoms with Gasteiger partial charge in [-0.25, -0.2) is 19.1 Å². The van der Waals surface area contributed by atoms with Gasteiger partial charge in [0.2, 0.25) is 5.88 Å². The van der Waals surface area contributed by atoms with Gasteiger partial charge < -0.3 is 19.9 Å². The number of nitrogens with zero attached hydrogens (tertiary/aromatic N) is 2. The van der Waals surface area contributed by atoms with Crippen molar-refractivity contribution < 1.29 is 31.8 Å². The second kappa shape index (κ2) is 12.0. The molecule has 0 spiro atoms. The van der Waals surface area contributed by atoms with Crippen LogP contribution in [0.25, 0.3) is 11.3 Å². The predicted octanol–water partition coefficient (Wildman–Crippen LogP) is 3.43. The summed E-state index contributed by atoms with van der Waals surface area (Å²) >= 11 is 0. The molecule has 1 aromatic carbocycles. The van der Waals surface area contributed by atoms with Gasteiger partial charge >= 0.3 is 0 Å². The number of anilines is 1. The summed E-state index contributed by atoms with van der Waals surface area (Å²) in [5.74, 6) is -1.15. The Morgan fingerprint density at radius 2 is 1.84 bits per heavy atom. The number of hydrogen-bond acceptors (Lipinski definition) is 9. The number of amides is 1. The lowest BCUT2D eigenvalue weighted by atomic mass is 10.1. The Balaban J connectivity index is 1.98. The highest BCUT2D eigenvalue weighted by Crippen LogP contribution is 2.28. The van der Waals surface area contributed by atoms with E-state index in [1.54, 1.807) is 13.0 Å². The fraction of sp³-hybridized carbons (Fsp3) is 0.320. The fourth-order valence-electron chi connectivity index (χ4n) is 3.19. The average Bonchev–Trinajstić information content (AvgIpc) is 2.82. The molecule has 0 aliphatic rings. The zero-order valence-corrected chi connectivity index (χ0v) is 21.7. The van der Waals surface area contributed by atoms with Gasteiger partial charge in [0.1, 0.15) is 29.1 Å². The van der Waals surface area contributed by atoms with Crippen molar-refractivity contribution in [3.8, 4) is 22.9 Å². The number of aromatic nitrogens is 2. The number of halogens is 1. The number of carbonyl (C=O) groups is 1. The van der Waals surface area contributed by atoms with Crippen LogP contribution < -0.4 is 19.9 Å². The topological polar surface area (TPSA) is 143 Å². The zero-order valence-electron chi connectivity index (χ0n) is 20.9. The Morgan fingerprint density at radius 3 is 2.51 bits per heavy atom. The number of methoxy groups -OCH3 is 1. The Labute approximate surface area is 215 Å². The normalized spacial score (nSPS) is 12.3. The van der Waals surface area contributed by atoms with Gasteiger partial charge in [-0.3, -0.25) is 4.79 Å². The number of nitrogen functional groups attached to an aromatic ring is 1. The van der Waals surface area contributed by atoms with Crippen LogP contribution in [-0.2, 0) is 14.8 Å². The minimum Gasteiger partial charge on any atom is -0.493 e. The van der Waals surface area contributed by atoms with Gasteiger partial charge in [-0.1, -0.05) is 19.9 Å². The number of hydrogen-bond donors (Lipinski definition) is 2. The molecule has 1 atom stereocenters. The van der Waals surface area contributed by atoms with E-state index in [4.69, 9.17) is 19.9 Å².